The van der Waals surface area contributed by atoms with Crippen molar-refractivity contribution in [1.82, 2.24) is 4.90 Å². The first-order valence-corrected chi connectivity index (χ1v) is 7.31. The highest BCUT2D eigenvalue weighted by Gasteiger charge is 2.36. The van der Waals surface area contributed by atoms with Crippen molar-refractivity contribution < 1.29 is 0 Å². The van der Waals surface area contributed by atoms with Crippen LogP contribution in [0.4, 0.5) is 0 Å². The smallest absolute Gasteiger partial charge is 0.0408 e. The summed E-state index contributed by atoms with van der Waals surface area (Å²) in [5.41, 5.74) is 8.76. The fourth-order valence-corrected chi connectivity index (χ4v) is 3.88. The van der Waals surface area contributed by atoms with E-state index in [4.69, 9.17) is 17.3 Å². The van der Waals surface area contributed by atoms with Crippen LogP contribution in [0.5, 0.6) is 0 Å². The average molecular weight is 265 g/mol. The molecule has 3 heteroatoms. The highest BCUT2D eigenvalue weighted by atomic mass is 35.5. The maximum absolute atomic E-state index is 6.07. The van der Waals surface area contributed by atoms with Crippen LogP contribution in [0.2, 0.25) is 5.02 Å². The zero-order chi connectivity index (χ0) is 12.7. The Balaban J connectivity index is 1.84. The van der Waals surface area contributed by atoms with Crippen molar-refractivity contribution >= 4 is 11.6 Å². The van der Waals surface area contributed by atoms with E-state index in [2.05, 4.69) is 24.0 Å². The third kappa shape index (κ3) is 2.07. The van der Waals surface area contributed by atoms with E-state index >= 15 is 0 Å². The summed E-state index contributed by atoms with van der Waals surface area (Å²) in [6.45, 7) is 4.31. The number of nitrogens with two attached hydrogens (primary N) is 1. The Bertz CT molecular complexity index is 446. The van der Waals surface area contributed by atoms with Crippen LogP contribution in [0.15, 0.2) is 18.2 Å². The van der Waals surface area contributed by atoms with Gasteiger partial charge in [-0.25, -0.2) is 0 Å². The average Bonchev–Trinajstić information content (AvgIpc) is 2.91. The molecule has 0 aromatic heterocycles. The van der Waals surface area contributed by atoms with Crippen LogP contribution in [0.25, 0.3) is 0 Å². The largest absolute Gasteiger partial charge is 0.330 e. The summed E-state index contributed by atoms with van der Waals surface area (Å²) in [7, 11) is 0. The molecule has 0 radical (unpaired) electrons. The van der Waals surface area contributed by atoms with Crippen molar-refractivity contribution in [2.45, 2.75) is 38.3 Å². The first kappa shape index (κ1) is 12.5. The monoisotopic (exact) mass is 264 g/mol. The first-order valence-electron chi connectivity index (χ1n) is 6.93. The lowest BCUT2D eigenvalue weighted by molar-refractivity contribution is 0.187. The zero-order valence-electron chi connectivity index (χ0n) is 10.9. The highest BCUT2D eigenvalue weighted by molar-refractivity contribution is 6.30. The summed E-state index contributed by atoms with van der Waals surface area (Å²) in [6.07, 6.45) is 3.64. The second-order valence-corrected chi connectivity index (χ2v) is 6.22. The highest BCUT2D eigenvalue weighted by Crippen LogP contribution is 2.41. The van der Waals surface area contributed by atoms with Crippen LogP contribution >= 0.6 is 11.6 Å². The molecule has 1 aliphatic carbocycles. The normalized spacial score (nSPS) is 31.8. The van der Waals surface area contributed by atoms with E-state index in [-0.39, 0.29) is 0 Å². The Hall–Kier alpha value is -0.570. The SMILES string of the molecule is CC1CC(CN)CN1C1CCc2cc(Cl)ccc21. The molecule has 3 rings (SSSR count). The maximum Gasteiger partial charge on any atom is 0.0408 e. The van der Waals surface area contributed by atoms with Gasteiger partial charge in [0.1, 0.15) is 0 Å². The van der Waals surface area contributed by atoms with E-state index < -0.39 is 0 Å². The molecule has 1 heterocycles. The Kier molecular flexibility index (Phi) is 3.35. The number of rotatable bonds is 2. The lowest BCUT2D eigenvalue weighted by Crippen LogP contribution is -2.31. The van der Waals surface area contributed by atoms with Crippen LogP contribution in [-0.2, 0) is 6.42 Å². The summed E-state index contributed by atoms with van der Waals surface area (Å²) in [5.74, 6) is 0.677. The second-order valence-electron chi connectivity index (χ2n) is 5.78. The van der Waals surface area contributed by atoms with Crippen molar-refractivity contribution in [2.24, 2.45) is 11.7 Å². The summed E-state index contributed by atoms with van der Waals surface area (Å²) in [6, 6.07) is 7.63. The number of hydrogen-bond donors (Lipinski definition) is 1. The van der Waals surface area contributed by atoms with Crippen molar-refractivity contribution in [3.05, 3.63) is 34.3 Å². The van der Waals surface area contributed by atoms with E-state index in [0.717, 1.165) is 24.5 Å². The van der Waals surface area contributed by atoms with Crippen molar-refractivity contribution in [3.63, 3.8) is 0 Å². The molecule has 2 N–H and O–H groups in total. The number of likely N-dealkylation sites (tertiary alicyclic amines) is 1. The summed E-state index contributed by atoms with van der Waals surface area (Å²) in [5, 5.41) is 0.865. The molecule has 1 aliphatic heterocycles. The third-order valence-electron chi connectivity index (χ3n) is 4.59. The van der Waals surface area contributed by atoms with Crippen LogP contribution in [0.1, 0.15) is 36.9 Å². The van der Waals surface area contributed by atoms with Gasteiger partial charge in [-0.3, -0.25) is 4.90 Å². The van der Waals surface area contributed by atoms with Crippen molar-refractivity contribution in [2.75, 3.05) is 13.1 Å². The third-order valence-corrected chi connectivity index (χ3v) is 4.83. The fraction of sp³-hybridized carbons (Fsp3) is 0.600. The minimum absolute atomic E-state index is 0.587. The minimum atomic E-state index is 0.587. The minimum Gasteiger partial charge on any atom is -0.330 e. The Labute approximate surface area is 114 Å². The van der Waals surface area contributed by atoms with Gasteiger partial charge < -0.3 is 5.73 Å². The Morgan fingerprint density at radius 1 is 1.44 bits per heavy atom. The molecular formula is C15H21ClN2. The molecule has 1 aromatic carbocycles. The molecular weight excluding hydrogens is 244 g/mol. The van der Waals surface area contributed by atoms with Gasteiger partial charge in [-0.15, -0.1) is 0 Å². The van der Waals surface area contributed by atoms with Crippen LogP contribution in [-0.4, -0.2) is 24.0 Å². The molecule has 0 saturated carbocycles. The predicted molar refractivity (Wildman–Crippen MR) is 75.8 cm³/mol. The van der Waals surface area contributed by atoms with Gasteiger partial charge >= 0.3 is 0 Å². The van der Waals surface area contributed by atoms with Crippen molar-refractivity contribution in [3.8, 4) is 0 Å². The first-order chi connectivity index (χ1) is 8.69. The van der Waals surface area contributed by atoms with Gasteiger partial charge in [-0.05, 0) is 61.9 Å². The number of aryl methyl sites for hydroxylation is 1. The van der Waals surface area contributed by atoms with Gasteiger partial charge in [0.15, 0.2) is 0 Å². The number of benzene rings is 1. The molecule has 0 spiro atoms. The van der Waals surface area contributed by atoms with E-state index in [1.165, 1.54) is 24.0 Å². The van der Waals surface area contributed by atoms with Gasteiger partial charge in [0.05, 0.1) is 0 Å². The van der Waals surface area contributed by atoms with Crippen LogP contribution in [0.3, 0.4) is 0 Å². The predicted octanol–water partition coefficient (Wildman–Crippen LogP) is 3.00. The molecule has 0 bridgehead atoms. The molecule has 2 aliphatic rings. The number of nitrogens with zero attached hydrogens (tertiary/aromatic N) is 1. The quantitative estimate of drug-likeness (QED) is 0.890. The van der Waals surface area contributed by atoms with Gasteiger partial charge in [0, 0.05) is 23.7 Å². The summed E-state index contributed by atoms with van der Waals surface area (Å²) >= 11 is 6.07. The maximum atomic E-state index is 6.07. The Morgan fingerprint density at radius 2 is 2.28 bits per heavy atom. The van der Waals surface area contributed by atoms with E-state index in [1.807, 2.05) is 6.07 Å². The van der Waals surface area contributed by atoms with Gasteiger partial charge in [0.2, 0.25) is 0 Å². The number of hydrogen-bond acceptors (Lipinski definition) is 2. The van der Waals surface area contributed by atoms with E-state index in [0.29, 0.717) is 18.0 Å². The number of fused-ring (bicyclic) bond motifs is 1. The standard InChI is InChI=1S/C15H21ClN2/c1-10-6-11(8-17)9-18(10)15-5-2-12-7-13(16)3-4-14(12)15/h3-4,7,10-11,15H,2,5-6,8-9,17H2,1H3. The molecule has 98 valence electrons. The molecule has 1 saturated heterocycles. The summed E-state index contributed by atoms with van der Waals surface area (Å²) in [4.78, 5) is 2.65. The molecule has 1 aromatic rings. The van der Waals surface area contributed by atoms with E-state index in [9.17, 15) is 0 Å². The van der Waals surface area contributed by atoms with Crippen molar-refractivity contribution in [1.29, 1.82) is 0 Å². The van der Waals surface area contributed by atoms with Gasteiger partial charge in [-0.2, -0.15) is 0 Å². The lowest BCUT2D eigenvalue weighted by atomic mass is 10.1. The zero-order valence-corrected chi connectivity index (χ0v) is 11.7. The van der Waals surface area contributed by atoms with Crippen LogP contribution < -0.4 is 5.73 Å². The van der Waals surface area contributed by atoms with E-state index in [1.54, 1.807) is 0 Å². The number of halogens is 1. The Morgan fingerprint density at radius 3 is 3.00 bits per heavy atom. The molecule has 3 unspecified atom stereocenters. The molecule has 3 atom stereocenters. The topological polar surface area (TPSA) is 29.3 Å². The molecule has 2 nitrogen and oxygen atoms in total. The van der Waals surface area contributed by atoms with Gasteiger partial charge in [0.25, 0.3) is 0 Å². The fourth-order valence-electron chi connectivity index (χ4n) is 3.68. The summed E-state index contributed by atoms with van der Waals surface area (Å²) < 4.78 is 0. The van der Waals surface area contributed by atoms with Crippen LogP contribution in [0, 0.1) is 5.92 Å². The molecule has 1 fully saturated rings. The second kappa shape index (κ2) is 4.84. The van der Waals surface area contributed by atoms with Gasteiger partial charge in [-0.1, -0.05) is 17.7 Å². The lowest BCUT2D eigenvalue weighted by Gasteiger charge is -2.29. The molecule has 0 amide bonds. The molecule has 18 heavy (non-hydrogen) atoms.